The van der Waals surface area contributed by atoms with E-state index in [1.165, 1.54) is 12.1 Å². The Bertz CT molecular complexity index is 649. The van der Waals surface area contributed by atoms with Crippen LogP contribution in [0.2, 0.25) is 0 Å². The van der Waals surface area contributed by atoms with E-state index < -0.39 is 0 Å². The lowest BCUT2D eigenvalue weighted by atomic mass is 10.2. The van der Waals surface area contributed by atoms with Gasteiger partial charge in [0.25, 0.3) is 0 Å². The van der Waals surface area contributed by atoms with Crippen LogP contribution in [-0.4, -0.2) is 4.99 Å². The van der Waals surface area contributed by atoms with E-state index in [2.05, 4.69) is 31.9 Å². The summed E-state index contributed by atoms with van der Waals surface area (Å²) in [6, 6.07) is 9.73. The van der Waals surface area contributed by atoms with Crippen LogP contribution in [0.1, 0.15) is 5.56 Å². The zero-order valence-corrected chi connectivity index (χ0v) is 13.5. The second-order valence-corrected chi connectivity index (χ2v) is 5.89. The zero-order chi connectivity index (χ0) is 14.0. The molecule has 0 amide bonds. The van der Waals surface area contributed by atoms with E-state index in [9.17, 15) is 4.39 Å². The van der Waals surface area contributed by atoms with Gasteiger partial charge < -0.3 is 10.5 Å². The monoisotopic (exact) mass is 403 g/mol. The molecule has 0 spiro atoms. The summed E-state index contributed by atoms with van der Waals surface area (Å²) in [5.74, 6) is 0.653. The summed E-state index contributed by atoms with van der Waals surface area (Å²) in [4.78, 5) is 0.240. The molecule has 0 heterocycles. The third-order valence-electron chi connectivity index (χ3n) is 2.33. The van der Waals surface area contributed by atoms with E-state index in [1.54, 1.807) is 18.2 Å². The minimum Gasteiger partial charge on any atom is -0.457 e. The molecule has 0 saturated carbocycles. The highest BCUT2D eigenvalue weighted by atomic mass is 79.9. The molecule has 0 radical (unpaired) electrons. The highest BCUT2D eigenvalue weighted by Crippen LogP contribution is 2.30. The summed E-state index contributed by atoms with van der Waals surface area (Å²) in [7, 11) is 0. The molecule has 0 aromatic heterocycles. The number of thiocarbonyl (C=S) groups is 1. The van der Waals surface area contributed by atoms with E-state index in [0.717, 1.165) is 4.47 Å². The molecule has 19 heavy (non-hydrogen) atoms. The highest BCUT2D eigenvalue weighted by Gasteiger charge is 2.09. The molecule has 0 aliphatic heterocycles. The molecule has 0 saturated heterocycles. The van der Waals surface area contributed by atoms with Crippen molar-refractivity contribution in [1.29, 1.82) is 0 Å². The molecular weight excluding hydrogens is 397 g/mol. The van der Waals surface area contributed by atoms with Gasteiger partial charge in [0.05, 0.1) is 10.0 Å². The van der Waals surface area contributed by atoms with E-state index in [1.807, 2.05) is 6.07 Å². The van der Waals surface area contributed by atoms with Gasteiger partial charge in [0.2, 0.25) is 0 Å². The summed E-state index contributed by atoms with van der Waals surface area (Å²) in [6.45, 7) is 0. The first-order valence-corrected chi connectivity index (χ1v) is 7.19. The molecule has 2 rings (SSSR count). The summed E-state index contributed by atoms with van der Waals surface area (Å²) < 4.78 is 20.0. The van der Waals surface area contributed by atoms with Gasteiger partial charge in [-0.2, -0.15) is 0 Å². The topological polar surface area (TPSA) is 35.2 Å². The van der Waals surface area contributed by atoms with Gasteiger partial charge >= 0.3 is 0 Å². The fourth-order valence-electron chi connectivity index (χ4n) is 1.45. The quantitative estimate of drug-likeness (QED) is 0.747. The largest absolute Gasteiger partial charge is 0.457 e. The van der Waals surface area contributed by atoms with Gasteiger partial charge in [0, 0.05) is 4.47 Å². The van der Waals surface area contributed by atoms with Gasteiger partial charge in [-0.25, -0.2) is 4.39 Å². The first-order chi connectivity index (χ1) is 8.97. The number of nitrogens with two attached hydrogens (primary N) is 1. The second-order valence-electron chi connectivity index (χ2n) is 3.68. The Morgan fingerprint density at radius 1 is 1.16 bits per heavy atom. The van der Waals surface area contributed by atoms with E-state index in [0.29, 0.717) is 21.5 Å². The summed E-state index contributed by atoms with van der Waals surface area (Å²) >= 11 is 11.4. The van der Waals surface area contributed by atoms with Crippen molar-refractivity contribution in [2.75, 3.05) is 0 Å². The van der Waals surface area contributed by atoms with Crippen LogP contribution in [-0.2, 0) is 0 Å². The summed E-state index contributed by atoms with van der Waals surface area (Å²) in [5.41, 5.74) is 6.26. The second kappa shape index (κ2) is 5.98. The van der Waals surface area contributed by atoms with E-state index in [4.69, 9.17) is 22.7 Å². The molecule has 2 N–H and O–H groups in total. The van der Waals surface area contributed by atoms with Crippen molar-refractivity contribution in [2.45, 2.75) is 0 Å². The summed E-state index contributed by atoms with van der Waals surface area (Å²) in [5, 5.41) is 0. The molecule has 2 nitrogen and oxygen atoms in total. The molecule has 0 aliphatic rings. The molecule has 0 bridgehead atoms. The summed E-state index contributed by atoms with van der Waals surface area (Å²) in [6.07, 6.45) is 0. The average molecular weight is 405 g/mol. The van der Waals surface area contributed by atoms with Crippen LogP contribution >= 0.6 is 44.1 Å². The van der Waals surface area contributed by atoms with E-state index >= 15 is 0 Å². The van der Waals surface area contributed by atoms with Crippen molar-refractivity contribution in [1.82, 2.24) is 0 Å². The lowest BCUT2D eigenvalue weighted by Gasteiger charge is -2.11. The number of rotatable bonds is 3. The van der Waals surface area contributed by atoms with Crippen LogP contribution < -0.4 is 10.5 Å². The average Bonchev–Trinajstić information content (AvgIpc) is 2.33. The lowest BCUT2D eigenvalue weighted by Crippen LogP contribution is -2.10. The van der Waals surface area contributed by atoms with Gasteiger partial charge in [0.1, 0.15) is 22.3 Å². The van der Waals surface area contributed by atoms with Gasteiger partial charge in [-0.05, 0) is 52.3 Å². The van der Waals surface area contributed by atoms with Crippen molar-refractivity contribution in [3.8, 4) is 11.5 Å². The maximum absolute atomic E-state index is 13.2. The maximum atomic E-state index is 13.2. The number of benzene rings is 2. The van der Waals surface area contributed by atoms with Gasteiger partial charge in [-0.15, -0.1) is 0 Å². The molecular formula is C13H8Br2FNOS. The Labute approximate surface area is 132 Å². The Morgan fingerprint density at radius 3 is 2.53 bits per heavy atom. The molecule has 0 atom stereocenters. The van der Waals surface area contributed by atoms with Crippen LogP contribution in [0, 0.1) is 5.82 Å². The molecule has 0 fully saturated rings. The number of hydrogen-bond acceptors (Lipinski definition) is 2. The van der Waals surface area contributed by atoms with E-state index in [-0.39, 0.29) is 10.8 Å². The van der Waals surface area contributed by atoms with Gasteiger partial charge in [0.15, 0.2) is 0 Å². The Morgan fingerprint density at radius 2 is 1.89 bits per heavy atom. The predicted octanol–water partition coefficient (Wildman–Crippen LogP) is 4.78. The molecule has 2 aromatic rings. The van der Waals surface area contributed by atoms with Gasteiger partial charge in [-0.3, -0.25) is 0 Å². The number of ether oxygens (including phenoxy) is 1. The molecule has 98 valence electrons. The lowest BCUT2D eigenvalue weighted by molar-refractivity contribution is 0.478. The Balaban J connectivity index is 2.39. The van der Waals surface area contributed by atoms with Crippen molar-refractivity contribution in [3.05, 3.63) is 56.7 Å². The first kappa shape index (κ1) is 14.4. The maximum Gasteiger partial charge on any atom is 0.138 e. The zero-order valence-electron chi connectivity index (χ0n) is 9.49. The van der Waals surface area contributed by atoms with Crippen molar-refractivity contribution in [3.63, 3.8) is 0 Å². The third-order valence-corrected chi connectivity index (χ3v) is 3.65. The van der Waals surface area contributed by atoms with Crippen molar-refractivity contribution >= 4 is 49.1 Å². The molecule has 2 aromatic carbocycles. The first-order valence-electron chi connectivity index (χ1n) is 5.19. The molecule has 0 aliphatic carbocycles. The molecule has 6 heteroatoms. The highest BCUT2D eigenvalue weighted by molar-refractivity contribution is 9.10. The number of halogens is 3. The minimum absolute atomic E-state index is 0.240. The SMILES string of the molecule is NC(=S)c1ccc(Br)cc1Oc1ccc(F)c(Br)c1. The normalized spacial score (nSPS) is 10.3. The fraction of sp³-hybridized carbons (Fsp3) is 0. The van der Waals surface area contributed by atoms with Crippen molar-refractivity contribution in [2.24, 2.45) is 5.73 Å². The molecule has 0 unspecified atom stereocenters. The van der Waals surface area contributed by atoms with Crippen LogP contribution in [0.4, 0.5) is 4.39 Å². The van der Waals surface area contributed by atoms with Gasteiger partial charge in [-0.1, -0.05) is 28.1 Å². The van der Waals surface area contributed by atoms with Crippen LogP contribution in [0.25, 0.3) is 0 Å². The smallest absolute Gasteiger partial charge is 0.138 e. The standard InChI is InChI=1S/C13H8Br2FNOS/c14-7-1-3-9(13(17)19)12(5-7)18-8-2-4-11(16)10(15)6-8/h1-6H,(H2,17,19). The fourth-order valence-corrected chi connectivity index (χ4v) is 2.32. The van der Waals surface area contributed by atoms with Crippen LogP contribution in [0.3, 0.4) is 0 Å². The number of hydrogen-bond donors (Lipinski definition) is 1. The van der Waals surface area contributed by atoms with Crippen LogP contribution in [0.15, 0.2) is 45.3 Å². The Kier molecular flexibility index (Phi) is 4.54. The predicted molar refractivity (Wildman–Crippen MR) is 84.2 cm³/mol. The van der Waals surface area contributed by atoms with Crippen molar-refractivity contribution < 1.29 is 9.13 Å². The Hall–Kier alpha value is -0.980. The van der Waals surface area contributed by atoms with Crippen LogP contribution in [0.5, 0.6) is 11.5 Å². The third kappa shape index (κ3) is 3.52. The minimum atomic E-state index is -0.351.